The van der Waals surface area contributed by atoms with E-state index < -0.39 is 0 Å². The van der Waals surface area contributed by atoms with Crippen LogP contribution >= 0.6 is 11.3 Å². The van der Waals surface area contributed by atoms with Crippen LogP contribution < -0.4 is 5.32 Å². The van der Waals surface area contributed by atoms with Gasteiger partial charge in [0, 0.05) is 12.5 Å². The molecule has 7 heteroatoms. The van der Waals surface area contributed by atoms with Crippen molar-refractivity contribution in [1.29, 1.82) is 0 Å². The van der Waals surface area contributed by atoms with E-state index in [1.807, 2.05) is 0 Å². The van der Waals surface area contributed by atoms with Crippen LogP contribution in [0.3, 0.4) is 0 Å². The molecule has 0 saturated carbocycles. The van der Waals surface area contributed by atoms with E-state index >= 15 is 0 Å². The maximum Gasteiger partial charge on any atom is 0.230 e. The molecule has 0 fully saturated rings. The summed E-state index contributed by atoms with van der Waals surface area (Å²) in [6.07, 6.45) is 0.176. The van der Waals surface area contributed by atoms with Crippen molar-refractivity contribution in [3.8, 4) is 0 Å². The second-order valence-electron chi connectivity index (χ2n) is 4.52. The van der Waals surface area contributed by atoms with Gasteiger partial charge in [-0.25, -0.2) is 4.98 Å². The molecule has 0 atom stereocenters. The molecule has 1 amide bonds. The molecule has 0 bridgehead atoms. The van der Waals surface area contributed by atoms with Crippen LogP contribution in [0.1, 0.15) is 39.3 Å². The quantitative estimate of drug-likeness (QED) is 0.875. The fourth-order valence-electron chi connectivity index (χ4n) is 1.85. The van der Waals surface area contributed by atoms with Crippen molar-refractivity contribution in [2.24, 2.45) is 0 Å². The van der Waals surface area contributed by atoms with E-state index in [-0.39, 0.29) is 18.1 Å². The van der Waals surface area contributed by atoms with Crippen molar-refractivity contribution in [3.63, 3.8) is 0 Å². The van der Waals surface area contributed by atoms with Gasteiger partial charge in [-0.3, -0.25) is 9.59 Å². The number of thiazole rings is 1. The summed E-state index contributed by atoms with van der Waals surface area (Å²) in [4.78, 5) is 28.1. The number of aromatic nitrogens is 2. The molecule has 2 rings (SSSR count). The molecule has 0 spiro atoms. The Labute approximate surface area is 120 Å². The molecule has 0 aliphatic rings. The van der Waals surface area contributed by atoms with Crippen molar-refractivity contribution in [3.05, 3.63) is 27.6 Å². The van der Waals surface area contributed by atoms with Crippen LogP contribution in [0.15, 0.2) is 4.52 Å². The average molecular weight is 293 g/mol. The van der Waals surface area contributed by atoms with Crippen LogP contribution in [0, 0.1) is 20.8 Å². The molecule has 2 aromatic rings. The maximum absolute atomic E-state index is 12.0. The lowest BCUT2D eigenvalue weighted by molar-refractivity contribution is -0.115. The first-order valence-electron chi connectivity index (χ1n) is 6.08. The normalized spacial score (nSPS) is 10.6. The van der Waals surface area contributed by atoms with Crippen LogP contribution in [-0.4, -0.2) is 21.8 Å². The second kappa shape index (κ2) is 5.54. The Morgan fingerprint density at radius 2 is 1.95 bits per heavy atom. The Balaban J connectivity index is 2.09. The monoisotopic (exact) mass is 293 g/mol. The van der Waals surface area contributed by atoms with Gasteiger partial charge in [0.1, 0.15) is 5.76 Å². The van der Waals surface area contributed by atoms with Gasteiger partial charge < -0.3 is 9.84 Å². The zero-order valence-electron chi connectivity index (χ0n) is 11.7. The third-order valence-corrected chi connectivity index (χ3v) is 4.05. The molecule has 0 radical (unpaired) electrons. The smallest absolute Gasteiger partial charge is 0.230 e. The summed E-state index contributed by atoms with van der Waals surface area (Å²) >= 11 is 1.19. The Kier molecular flexibility index (Phi) is 3.99. The Bertz CT molecular complexity index is 653. The summed E-state index contributed by atoms with van der Waals surface area (Å²) in [7, 11) is 0. The van der Waals surface area contributed by atoms with Crippen LogP contribution in [0.25, 0.3) is 0 Å². The standard InChI is InChI=1S/C13H15N3O3S/c1-6-10(9(4)19-16-6)5-11(18)15-13-14-7(2)12(20-13)8(3)17/h5H2,1-4H3,(H,14,15,18). The number of hydrogen-bond donors (Lipinski definition) is 1. The Hall–Kier alpha value is -2.02. The Morgan fingerprint density at radius 3 is 2.45 bits per heavy atom. The molecule has 0 aliphatic carbocycles. The van der Waals surface area contributed by atoms with E-state index in [2.05, 4.69) is 15.5 Å². The second-order valence-corrected chi connectivity index (χ2v) is 5.52. The molecule has 1 N–H and O–H groups in total. The molecule has 2 heterocycles. The van der Waals surface area contributed by atoms with Gasteiger partial charge in [-0.15, -0.1) is 0 Å². The highest BCUT2D eigenvalue weighted by molar-refractivity contribution is 7.17. The van der Waals surface area contributed by atoms with Crippen molar-refractivity contribution >= 4 is 28.2 Å². The van der Waals surface area contributed by atoms with E-state index in [0.29, 0.717) is 27.2 Å². The van der Waals surface area contributed by atoms with Crippen molar-refractivity contribution < 1.29 is 14.1 Å². The number of anilines is 1. The fraction of sp³-hybridized carbons (Fsp3) is 0.385. The summed E-state index contributed by atoms with van der Waals surface area (Å²) in [6.45, 7) is 6.79. The lowest BCUT2D eigenvalue weighted by atomic mass is 10.1. The van der Waals surface area contributed by atoms with Crippen molar-refractivity contribution in [2.45, 2.75) is 34.1 Å². The van der Waals surface area contributed by atoms with E-state index in [9.17, 15) is 9.59 Å². The van der Waals surface area contributed by atoms with Crippen molar-refractivity contribution in [2.75, 3.05) is 5.32 Å². The van der Waals surface area contributed by atoms with Crippen LogP contribution in [0.4, 0.5) is 5.13 Å². The van der Waals surface area contributed by atoms with Crippen LogP contribution in [0.5, 0.6) is 0 Å². The summed E-state index contributed by atoms with van der Waals surface area (Å²) in [6, 6.07) is 0. The zero-order valence-corrected chi connectivity index (χ0v) is 12.6. The highest BCUT2D eigenvalue weighted by Gasteiger charge is 2.16. The fourth-order valence-corrected chi connectivity index (χ4v) is 2.73. The van der Waals surface area contributed by atoms with E-state index in [0.717, 1.165) is 5.56 Å². The number of carbonyl (C=O) groups is 2. The largest absolute Gasteiger partial charge is 0.361 e. The van der Waals surface area contributed by atoms with E-state index in [1.165, 1.54) is 18.3 Å². The number of amides is 1. The zero-order chi connectivity index (χ0) is 14.9. The molecule has 0 saturated heterocycles. The van der Waals surface area contributed by atoms with Gasteiger partial charge >= 0.3 is 0 Å². The molecular formula is C13H15N3O3S. The Morgan fingerprint density at radius 1 is 1.25 bits per heavy atom. The topological polar surface area (TPSA) is 85.1 Å². The number of nitrogens with zero attached hydrogens (tertiary/aromatic N) is 2. The number of Topliss-reactive ketones (excluding diaryl/α,β-unsaturated/α-hetero) is 1. The first kappa shape index (κ1) is 14.4. The summed E-state index contributed by atoms with van der Waals surface area (Å²) in [5.74, 6) is 0.381. The molecular weight excluding hydrogens is 278 g/mol. The summed E-state index contributed by atoms with van der Waals surface area (Å²) < 4.78 is 5.01. The van der Waals surface area contributed by atoms with Crippen molar-refractivity contribution in [1.82, 2.24) is 10.1 Å². The number of carbonyl (C=O) groups excluding carboxylic acids is 2. The lowest BCUT2D eigenvalue weighted by Crippen LogP contribution is -2.15. The molecule has 106 valence electrons. The van der Waals surface area contributed by atoms with Gasteiger partial charge in [0.2, 0.25) is 5.91 Å². The molecule has 2 aromatic heterocycles. The van der Waals surface area contributed by atoms with Gasteiger partial charge in [0.05, 0.1) is 22.7 Å². The van der Waals surface area contributed by atoms with Crippen LogP contribution in [-0.2, 0) is 11.2 Å². The van der Waals surface area contributed by atoms with Crippen LogP contribution in [0.2, 0.25) is 0 Å². The predicted octanol–water partition coefficient (Wildman–Crippen LogP) is 2.44. The minimum absolute atomic E-state index is 0.0498. The molecule has 0 unspecified atom stereocenters. The predicted molar refractivity (Wildman–Crippen MR) is 75.2 cm³/mol. The van der Waals surface area contributed by atoms with E-state index in [4.69, 9.17) is 4.52 Å². The van der Waals surface area contributed by atoms with Gasteiger partial charge in [-0.1, -0.05) is 16.5 Å². The molecule has 0 aromatic carbocycles. The highest BCUT2D eigenvalue weighted by atomic mass is 32.1. The number of nitrogens with one attached hydrogen (secondary N) is 1. The first-order chi connectivity index (χ1) is 9.38. The minimum atomic E-state index is -0.205. The first-order valence-corrected chi connectivity index (χ1v) is 6.90. The number of rotatable bonds is 4. The van der Waals surface area contributed by atoms with Gasteiger partial charge in [-0.2, -0.15) is 0 Å². The summed E-state index contributed by atoms with van der Waals surface area (Å²) in [5.41, 5.74) is 2.12. The maximum atomic E-state index is 12.0. The number of ketones is 1. The third kappa shape index (κ3) is 2.93. The van der Waals surface area contributed by atoms with Gasteiger partial charge in [-0.05, 0) is 20.8 Å². The number of aryl methyl sites for hydroxylation is 3. The average Bonchev–Trinajstić information content (AvgIpc) is 2.86. The lowest BCUT2D eigenvalue weighted by Gasteiger charge is -2.00. The van der Waals surface area contributed by atoms with Gasteiger partial charge in [0.15, 0.2) is 10.9 Å². The third-order valence-electron chi connectivity index (χ3n) is 2.88. The molecule has 20 heavy (non-hydrogen) atoms. The SMILES string of the molecule is CC(=O)c1sc(NC(=O)Cc2c(C)noc2C)nc1C. The summed E-state index contributed by atoms with van der Waals surface area (Å²) in [5, 5.41) is 6.94. The highest BCUT2D eigenvalue weighted by Crippen LogP contribution is 2.23. The van der Waals surface area contributed by atoms with E-state index in [1.54, 1.807) is 20.8 Å². The molecule has 0 aliphatic heterocycles. The number of hydrogen-bond acceptors (Lipinski definition) is 6. The molecule has 6 nitrogen and oxygen atoms in total. The minimum Gasteiger partial charge on any atom is -0.361 e. The van der Waals surface area contributed by atoms with Gasteiger partial charge in [0.25, 0.3) is 0 Å².